The fourth-order valence-electron chi connectivity index (χ4n) is 11.4. The molecule has 96 heavy (non-hydrogen) atoms. The molecule has 3 aromatic heterocycles. The van der Waals surface area contributed by atoms with Gasteiger partial charge in [-0.05, 0) is 151 Å². The van der Waals surface area contributed by atoms with Crippen molar-refractivity contribution >= 4 is 37.0 Å². The number of methoxy groups -OCH3 is 3. The van der Waals surface area contributed by atoms with E-state index in [1.165, 1.54) is 18.5 Å². The number of carbonyl (C=O) groups excluding carboxylic acids is 1. The van der Waals surface area contributed by atoms with Crippen LogP contribution < -0.4 is 32.8 Å². The Balaban J connectivity index is 0.962. The molecule has 498 valence electrons. The maximum Gasteiger partial charge on any atom is 0.347 e. The van der Waals surface area contributed by atoms with Crippen molar-refractivity contribution < 1.29 is 55.9 Å². The number of hydrogen-bond donors (Lipinski definition) is 0. The van der Waals surface area contributed by atoms with E-state index in [9.17, 15) is 9.18 Å². The summed E-state index contributed by atoms with van der Waals surface area (Å²) in [5, 5.41) is 0.448. The summed E-state index contributed by atoms with van der Waals surface area (Å²) in [6.45, 7) is 16.7. The number of benzene rings is 7. The summed E-state index contributed by atoms with van der Waals surface area (Å²) >= 11 is 7.51. The molecule has 0 unspecified atom stereocenters. The lowest BCUT2D eigenvalue weighted by Gasteiger charge is -2.39. The Labute approximate surface area is 566 Å². The first-order valence-electron chi connectivity index (χ1n) is 32.0. The zero-order valence-electron chi connectivity index (χ0n) is 55.8. The Morgan fingerprint density at radius 1 is 0.698 bits per heavy atom. The average Bonchev–Trinajstić information content (AvgIpc) is 1.38. The number of likely N-dealkylation sites (N-methyl/N-ethyl adjacent to an activating group) is 1. The normalized spacial score (nSPS) is 13.8. The van der Waals surface area contributed by atoms with Gasteiger partial charge in [-0.25, -0.2) is 29.1 Å². The highest BCUT2D eigenvalue weighted by Gasteiger charge is 2.41. The van der Waals surface area contributed by atoms with Gasteiger partial charge in [-0.2, -0.15) is 0 Å². The smallest absolute Gasteiger partial charge is 0.347 e. The zero-order chi connectivity index (χ0) is 67.6. The van der Waals surface area contributed by atoms with E-state index in [1.807, 2.05) is 121 Å². The molecule has 1 saturated heterocycles. The van der Waals surface area contributed by atoms with E-state index in [-0.39, 0.29) is 47.9 Å². The number of piperazine rings is 1. The number of fused-ring (bicyclic) bond motifs is 1. The van der Waals surface area contributed by atoms with Crippen LogP contribution in [0.5, 0.6) is 40.4 Å². The van der Waals surface area contributed by atoms with Crippen LogP contribution in [0.1, 0.15) is 55.6 Å². The van der Waals surface area contributed by atoms with Crippen LogP contribution in [0, 0.1) is 5.82 Å². The molecule has 20 heteroatoms. The van der Waals surface area contributed by atoms with E-state index in [0.717, 1.165) is 48.4 Å². The molecule has 4 heterocycles. The minimum absolute atomic E-state index is 0.00243. The number of para-hydroxylation sites is 1. The molecule has 0 spiro atoms. The van der Waals surface area contributed by atoms with Crippen molar-refractivity contribution in [2.45, 2.75) is 76.7 Å². The molecule has 0 amide bonds. The van der Waals surface area contributed by atoms with Gasteiger partial charge in [0.25, 0.3) is 0 Å². The van der Waals surface area contributed by atoms with E-state index in [0.29, 0.717) is 86.0 Å². The molecule has 0 bridgehead atoms. The molecule has 17 nitrogen and oxygen atoms in total. The molecule has 10 aromatic rings. The maximum atomic E-state index is 14.8. The SMILES string of the molecule is CCOC(=O)[C@@H](Cc1cc(O[Si](C)(C)C(C)(C)C)ccc1OCc1ccnc(-c2ccccc2OC)n1)Oc1ncnc2oc(-c3ccc(F)cc3)c(-c3ccc(O[C@H](COC(c4ccccc4)(c4ccc(OC)cc4)c4ccc(OC)cc4)CN4CCN(C)CC4)c(Cl)c3)c12. The molecular formula is C76H80ClFN6O11Si. The summed E-state index contributed by atoms with van der Waals surface area (Å²) in [5.74, 6) is 3.16. The lowest BCUT2D eigenvalue weighted by Crippen LogP contribution is -2.49. The molecule has 1 aliphatic heterocycles. The maximum absolute atomic E-state index is 14.8. The molecule has 11 rings (SSSR count). The third-order valence-corrected chi connectivity index (χ3v) is 22.3. The van der Waals surface area contributed by atoms with Gasteiger partial charge in [0.15, 0.2) is 5.82 Å². The first kappa shape index (κ1) is 68.0. The zero-order valence-corrected chi connectivity index (χ0v) is 57.5. The molecule has 1 fully saturated rings. The predicted molar refractivity (Wildman–Crippen MR) is 372 cm³/mol. The highest BCUT2D eigenvalue weighted by molar-refractivity contribution is 6.74. The van der Waals surface area contributed by atoms with Gasteiger partial charge in [-0.1, -0.05) is 105 Å². The van der Waals surface area contributed by atoms with Gasteiger partial charge in [0.05, 0.1) is 50.8 Å². The molecule has 0 radical (unpaired) electrons. The standard InChI is InChI=1S/C76H80ClFN6O11Si/c1-11-89-74(85)67(45-52-43-60(95-96(9,10)75(2,3)4)34-36-64(52)90-47-57-37-38-79-71(82-57)62-19-15-16-20-65(62)88-8)93-72-69-68(70(94-73(69)81-49-80-72)50-21-28-56(78)29-22-50)51-23-35-66(63(77)44-51)92-61(46-84-41-39-83(5)40-42-84)48-91-76(53-17-13-12-14-18-53,54-24-30-58(86-6)31-25-54)55-26-32-59(87-7)33-27-55/h12-38,43-44,49,61,67H,11,39-42,45-48H2,1-10H3/t61-,67+/m0/s1. The van der Waals surface area contributed by atoms with Crippen molar-refractivity contribution in [3.05, 3.63) is 221 Å². The second-order valence-corrected chi connectivity index (χ2v) is 30.2. The summed E-state index contributed by atoms with van der Waals surface area (Å²) in [4.78, 5) is 37.9. The molecule has 2 atom stereocenters. The highest BCUT2D eigenvalue weighted by Crippen LogP contribution is 2.47. The average molecular weight is 1340 g/mol. The van der Waals surface area contributed by atoms with E-state index in [1.54, 1.807) is 58.7 Å². The van der Waals surface area contributed by atoms with Gasteiger partial charge < -0.3 is 51.6 Å². The molecule has 0 saturated carbocycles. The molecule has 1 aliphatic rings. The van der Waals surface area contributed by atoms with Crippen molar-refractivity contribution in [1.29, 1.82) is 0 Å². The Hall–Kier alpha value is -9.37. The molecule has 7 aromatic carbocycles. The Morgan fingerprint density at radius 2 is 1.34 bits per heavy atom. The van der Waals surface area contributed by atoms with Crippen LogP contribution in [0.2, 0.25) is 23.2 Å². The van der Waals surface area contributed by atoms with Gasteiger partial charge in [-0.15, -0.1) is 0 Å². The van der Waals surface area contributed by atoms with Crippen molar-refractivity contribution in [3.63, 3.8) is 0 Å². The lowest BCUT2D eigenvalue weighted by atomic mass is 9.80. The monoisotopic (exact) mass is 1330 g/mol. The van der Waals surface area contributed by atoms with Crippen LogP contribution in [0.3, 0.4) is 0 Å². The third-order valence-electron chi connectivity index (χ3n) is 17.6. The van der Waals surface area contributed by atoms with Gasteiger partial charge in [0, 0.05) is 62.0 Å². The van der Waals surface area contributed by atoms with Gasteiger partial charge in [-0.3, -0.25) is 4.90 Å². The lowest BCUT2D eigenvalue weighted by molar-refractivity contribution is -0.151. The molecular weight excluding hydrogens is 1260 g/mol. The van der Waals surface area contributed by atoms with Crippen molar-refractivity contribution in [1.82, 2.24) is 29.7 Å². The van der Waals surface area contributed by atoms with Crippen LogP contribution in [0.15, 0.2) is 187 Å². The second-order valence-electron chi connectivity index (χ2n) is 25.0. The summed E-state index contributed by atoms with van der Waals surface area (Å²) in [6.07, 6.45) is 1.02. The number of carbonyl (C=O) groups is 1. The number of halogens is 2. The number of ether oxygens (including phenoxy) is 8. The van der Waals surface area contributed by atoms with E-state index in [2.05, 4.69) is 72.8 Å². The first-order valence-corrected chi connectivity index (χ1v) is 35.3. The topological polar surface area (TPSA) is 171 Å². The Kier molecular flexibility index (Phi) is 21.4. The summed E-state index contributed by atoms with van der Waals surface area (Å²) < 4.78 is 79.1. The van der Waals surface area contributed by atoms with Crippen molar-refractivity contribution in [3.8, 4) is 74.2 Å². The predicted octanol–water partition coefficient (Wildman–Crippen LogP) is 15.4. The number of aromatic nitrogens is 4. The largest absolute Gasteiger partial charge is 0.543 e. The number of nitrogens with zero attached hydrogens (tertiary/aromatic N) is 6. The highest BCUT2D eigenvalue weighted by atomic mass is 35.5. The minimum atomic E-state index is -2.39. The van der Waals surface area contributed by atoms with E-state index >= 15 is 0 Å². The Bertz CT molecular complexity index is 4220. The summed E-state index contributed by atoms with van der Waals surface area (Å²) in [5.41, 5.74) is 5.08. The van der Waals surface area contributed by atoms with Crippen LogP contribution in [-0.2, 0) is 32.9 Å². The third kappa shape index (κ3) is 15.5. The van der Waals surface area contributed by atoms with E-state index in [4.69, 9.17) is 68.3 Å². The number of furan rings is 1. The van der Waals surface area contributed by atoms with Crippen LogP contribution in [0.25, 0.3) is 44.9 Å². The van der Waals surface area contributed by atoms with Gasteiger partial charge in [0.1, 0.15) is 76.1 Å². The number of esters is 1. The van der Waals surface area contributed by atoms with Crippen LogP contribution in [0.4, 0.5) is 4.39 Å². The molecule has 0 N–H and O–H groups in total. The van der Waals surface area contributed by atoms with Crippen LogP contribution >= 0.6 is 11.6 Å². The van der Waals surface area contributed by atoms with Crippen molar-refractivity contribution in [2.75, 3.05) is 74.3 Å². The number of hydrogen-bond acceptors (Lipinski definition) is 17. The second kappa shape index (κ2) is 30.1. The number of rotatable bonds is 27. The van der Waals surface area contributed by atoms with Gasteiger partial charge in [0.2, 0.25) is 26.0 Å². The fourth-order valence-corrected chi connectivity index (χ4v) is 12.7. The minimum Gasteiger partial charge on any atom is -0.543 e. The molecule has 0 aliphatic carbocycles. The summed E-state index contributed by atoms with van der Waals surface area (Å²) in [6, 6.07) is 52.3. The fraction of sp³-hybridized carbons (Fsp3) is 0.303. The van der Waals surface area contributed by atoms with Crippen molar-refractivity contribution in [2.24, 2.45) is 0 Å². The van der Waals surface area contributed by atoms with Gasteiger partial charge >= 0.3 is 5.97 Å². The summed E-state index contributed by atoms with van der Waals surface area (Å²) in [7, 11) is 4.63. The van der Waals surface area contributed by atoms with Crippen LogP contribution in [-0.4, -0.2) is 131 Å². The van der Waals surface area contributed by atoms with E-state index < -0.39 is 37.9 Å². The quantitative estimate of drug-likeness (QED) is 0.0270. The first-order chi connectivity index (χ1) is 46.4. The Morgan fingerprint density at radius 3 is 2.00 bits per heavy atom.